The van der Waals surface area contributed by atoms with E-state index in [1.54, 1.807) is 16.4 Å². The highest BCUT2D eigenvalue weighted by atomic mass is 32.2. The lowest BCUT2D eigenvalue weighted by Gasteiger charge is -2.27. The van der Waals surface area contributed by atoms with Crippen LogP contribution in [0.25, 0.3) is 0 Å². The molecule has 2 aromatic carbocycles. The van der Waals surface area contributed by atoms with Gasteiger partial charge in [0, 0.05) is 37.8 Å². The van der Waals surface area contributed by atoms with E-state index in [0.29, 0.717) is 37.6 Å². The van der Waals surface area contributed by atoms with Gasteiger partial charge in [-0.05, 0) is 49.6 Å². The van der Waals surface area contributed by atoms with Crippen LogP contribution in [0.15, 0.2) is 47.4 Å². The molecule has 0 saturated heterocycles. The Bertz CT molecular complexity index is 1180. The van der Waals surface area contributed by atoms with E-state index in [0.717, 1.165) is 33.6 Å². The van der Waals surface area contributed by atoms with Crippen molar-refractivity contribution in [2.24, 2.45) is 7.05 Å². The summed E-state index contributed by atoms with van der Waals surface area (Å²) in [5, 5.41) is 4.63. The molecule has 0 amide bonds. The molecule has 2 heterocycles. The summed E-state index contributed by atoms with van der Waals surface area (Å²) in [5.41, 5.74) is 7.07. The third-order valence-corrected chi connectivity index (χ3v) is 7.57. The number of rotatable bonds is 6. The highest BCUT2D eigenvalue weighted by Crippen LogP contribution is 2.28. The number of aromatic nitrogens is 2. The van der Waals surface area contributed by atoms with Crippen molar-refractivity contribution in [3.8, 4) is 0 Å². The van der Waals surface area contributed by atoms with E-state index in [9.17, 15) is 8.42 Å². The summed E-state index contributed by atoms with van der Waals surface area (Å²) in [6.45, 7) is 7.52. The minimum atomic E-state index is -3.57. The minimum Gasteiger partial charge on any atom is -0.370 e. The first-order valence-electron chi connectivity index (χ1n) is 10.5. The number of ether oxygens (including phenoxy) is 1. The van der Waals surface area contributed by atoms with Crippen LogP contribution in [-0.4, -0.2) is 29.0 Å². The molecular formula is C24H29N3O3S. The van der Waals surface area contributed by atoms with E-state index in [-0.39, 0.29) is 0 Å². The lowest BCUT2D eigenvalue weighted by molar-refractivity contribution is 0.103. The summed E-state index contributed by atoms with van der Waals surface area (Å²) >= 11 is 0. The van der Waals surface area contributed by atoms with E-state index in [2.05, 4.69) is 36.3 Å². The van der Waals surface area contributed by atoms with Crippen LogP contribution in [0.1, 0.15) is 39.2 Å². The van der Waals surface area contributed by atoms with Crippen molar-refractivity contribution in [1.29, 1.82) is 0 Å². The monoisotopic (exact) mass is 439 g/mol. The fraction of sp³-hybridized carbons (Fsp3) is 0.375. The van der Waals surface area contributed by atoms with Crippen LogP contribution in [0.4, 0.5) is 0 Å². The number of fused-ring (bicyclic) bond motifs is 1. The lowest BCUT2D eigenvalue weighted by Crippen LogP contribution is -2.36. The molecule has 0 bridgehead atoms. The highest BCUT2D eigenvalue weighted by Gasteiger charge is 2.32. The molecule has 0 N–H and O–H groups in total. The van der Waals surface area contributed by atoms with Gasteiger partial charge in [-0.15, -0.1) is 0 Å². The van der Waals surface area contributed by atoms with E-state index in [1.165, 1.54) is 5.56 Å². The zero-order valence-electron chi connectivity index (χ0n) is 18.6. The molecule has 3 aromatic rings. The van der Waals surface area contributed by atoms with Crippen molar-refractivity contribution in [3.05, 3.63) is 81.7 Å². The molecule has 0 aliphatic carbocycles. The van der Waals surface area contributed by atoms with Crippen molar-refractivity contribution >= 4 is 10.0 Å². The summed E-state index contributed by atoms with van der Waals surface area (Å²) in [4.78, 5) is 0.356. The van der Waals surface area contributed by atoms with Crippen LogP contribution in [0.2, 0.25) is 0 Å². The lowest BCUT2D eigenvalue weighted by atomic mass is 10.1. The molecule has 0 atom stereocenters. The molecule has 7 heteroatoms. The molecule has 0 radical (unpaired) electrons. The SMILES string of the molecule is Cc1ccc(COCc2nn(C)c3c2CN(S(=O)(=O)c2cc(C)cc(C)c2)CC3)cc1. The molecule has 1 aliphatic rings. The quantitative estimate of drug-likeness (QED) is 0.586. The van der Waals surface area contributed by atoms with Crippen molar-refractivity contribution in [2.45, 2.75) is 51.8 Å². The second-order valence-corrected chi connectivity index (χ2v) is 10.3. The van der Waals surface area contributed by atoms with Gasteiger partial charge in [-0.2, -0.15) is 9.40 Å². The van der Waals surface area contributed by atoms with E-state index < -0.39 is 10.0 Å². The highest BCUT2D eigenvalue weighted by molar-refractivity contribution is 7.89. The summed E-state index contributed by atoms with van der Waals surface area (Å²) in [6, 6.07) is 13.7. The maximum atomic E-state index is 13.3. The Balaban J connectivity index is 1.52. The third-order valence-electron chi connectivity index (χ3n) is 5.75. The molecular weight excluding hydrogens is 410 g/mol. The standard InChI is InChI=1S/C24H29N3O3S/c1-17-5-7-20(8-6-17)15-30-16-23-22-14-27(10-9-24(22)26(4)25-23)31(28,29)21-12-18(2)11-19(3)13-21/h5-8,11-13H,9-10,14-16H2,1-4H3. The maximum absolute atomic E-state index is 13.3. The van der Waals surface area contributed by atoms with Crippen molar-refractivity contribution in [1.82, 2.24) is 14.1 Å². The Morgan fingerprint density at radius 1 is 0.968 bits per heavy atom. The van der Waals surface area contributed by atoms with Gasteiger partial charge < -0.3 is 4.74 Å². The summed E-state index contributed by atoms with van der Waals surface area (Å²) in [7, 11) is -1.66. The molecule has 164 valence electrons. The Hall–Kier alpha value is -2.48. The van der Waals surface area contributed by atoms with Crippen molar-refractivity contribution in [3.63, 3.8) is 0 Å². The van der Waals surface area contributed by atoms with Gasteiger partial charge in [0.1, 0.15) is 0 Å². The summed E-state index contributed by atoms with van der Waals surface area (Å²) < 4.78 is 36.0. The largest absolute Gasteiger partial charge is 0.370 e. The second kappa shape index (κ2) is 8.57. The Labute approximate surface area is 184 Å². The fourth-order valence-corrected chi connectivity index (χ4v) is 5.75. The molecule has 6 nitrogen and oxygen atoms in total. The van der Waals surface area contributed by atoms with Crippen LogP contribution in [0.5, 0.6) is 0 Å². The zero-order chi connectivity index (χ0) is 22.2. The van der Waals surface area contributed by atoms with E-state index in [1.807, 2.05) is 31.6 Å². The predicted octanol–water partition coefficient (Wildman–Crippen LogP) is 3.81. The smallest absolute Gasteiger partial charge is 0.243 e. The van der Waals surface area contributed by atoms with Gasteiger partial charge in [-0.3, -0.25) is 4.68 Å². The van der Waals surface area contributed by atoms with Crippen LogP contribution in [-0.2, 0) is 48.0 Å². The second-order valence-electron chi connectivity index (χ2n) is 8.39. The summed E-state index contributed by atoms with van der Waals surface area (Å²) in [6.07, 6.45) is 0.640. The number of aryl methyl sites for hydroxylation is 4. The number of hydrogen-bond donors (Lipinski definition) is 0. The molecule has 1 aliphatic heterocycles. The molecule has 31 heavy (non-hydrogen) atoms. The van der Waals surface area contributed by atoms with Crippen molar-refractivity contribution < 1.29 is 13.2 Å². The molecule has 0 unspecified atom stereocenters. The molecule has 1 aromatic heterocycles. The van der Waals surface area contributed by atoms with Gasteiger partial charge in [0.05, 0.1) is 23.8 Å². The summed E-state index contributed by atoms with van der Waals surface area (Å²) in [5.74, 6) is 0. The molecule has 4 rings (SSSR count). The first-order valence-corrected chi connectivity index (χ1v) is 11.9. The van der Waals surface area contributed by atoms with Crippen LogP contribution >= 0.6 is 0 Å². The Morgan fingerprint density at radius 3 is 2.32 bits per heavy atom. The minimum absolute atomic E-state index is 0.321. The van der Waals surface area contributed by atoms with Gasteiger partial charge in [-0.25, -0.2) is 8.42 Å². The van der Waals surface area contributed by atoms with Gasteiger partial charge in [0.2, 0.25) is 10.0 Å². The topological polar surface area (TPSA) is 64.4 Å². The zero-order valence-corrected chi connectivity index (χ0v) is 19.4. The molecule has 0 saturated carbocycles. The average Bonchev–Trinajstić information content (AvgIpc) is 3.04. The van der Waals surface area contributed by atoms with Crippen LogP contribution in [0.3, 0.4) is 0 Å². The van der Waals surface area contributed by atoms with E-state index in [4.69, 9.17) is 4.74 Å². The number of sulfonamides is 1. The molecule has 0 fully saturated rings. The van der Waals surface area contributed by atoms with E-state index >= 15 is 0 Å². The number of benzene rings is 2. The predicted molar refractivity (Wildman–Crippen MR) is 120 cm³/mol. The van der Waals surface area contributed by atoms with Gasteiger partial charge >= 0.3 is 0 Å². The van der Waals surface area contributed by atoms with Gasteiger partial charge in [0.25, 0.3) is 0 Å². The third kappa shape index (κ3) is 4.59. The fourth-order valence-electron chi connectivity index (χ4n) is 4.15. The van der Waals surface area contributed by atoms with Gasteiger partial charge in [-0.1, -0.05) is 35.9 Å². The molecule has 0 spiro atoms. The number of nitrogens with zero attached hydrogens (tertiary/aromatic N) is 3. The average molecular weight is 440 g/mol. The van der Waals surface area contributed by atoms with Gasteiger partial charge in [0.15, 0.2) is 0 Å². The first-order chi connectivity index (χ1) is 14.7. The normalized spacial score (nSPS) is 14.6. The maximum Gasteiger partial charge on any atom is 0.243 e. The Morgan fingerprint density at radius 2 is 1.65 bits per heavy atom. The first kappa shape index (κ1) is 21.7. The van der Waals surface area contributed by atoms with Crippen molar-refractivity contribution in [2.75, 3.05) is 6.54 Å². The Kier molecular flexibility index (Phi) is 6.01. The van der Waals surface area contributed by atoms with Crippen LogP contribution in [0, 0.1) is 20.8 Å². The number of hydrogen-bond acceptors (Lipinski definition) is 4. The van der Waals surface area contributed by atoms with Crippen LogP contribution < -0.4 is 0 Å².